The van der Waals surface area contributed by atoms with Gasteiger partial charge in [0.05, 0.1) is 12.2 Å². The van der Waals surface area contributed by atoms with Gasteiger partial charge in [-0.15, -0.1) is 0 Å². The number of halogens is 1. The molecule has 3 heteroatoms. The highest BCUT2D eigenvalue weighted by atomic mass is 19.1. The minimum absolute atomic E-state index is 0.153. The van der Waals surface area contributed by atoms with Gasteiger partial charge in [-0.25, -0.2) is 4.39 Å². The molecule has 1 aromatic carbocycles. The summed E-state index contributed by atoms with van der Waals surface area (Å²) in [7, 11) is 1.60. The molecule has 1 aromatic rings. The second kappa shape index (κ2) is 4.93. The molecule has 2 atom stereocenters. The second-order valence-corrected chi connectivity index (χ2v) is 4.40. The zero-order valence-electron chi connectivity index (χ0n) is 9.40. The number of aliphatic hydroxyl groups is 1. The fourth-order valence-corrected chi connectivity index (χ4v) is 2.09. The van der Waals surface area contributed by atoms with Crippen molar-refractivity contribution < 1.29 is 14.2 Å². The molecule has 1 saturated carbocycles. The lowest BCUT2D eigenvalue weighted by Gasteiger charge is -2.21. The standard InChI is InChI=1S/C13H17FO2/c1-16-13(9-6-7-9)12(15)8-10-4-2-3-5-11(10)14/h2-5,9,12-13,15H,6-8H2,1H3. The Morgan fingerprint density at radius 2 is 2.12 bits per heavy atom. The van der Waals surface area contributed by atoms with Crippen LogP contribution in [0.25, 0.3) is 0 Å². The van der Waals surface area contributed by atoms with Crippen LogP contribution >= 0.6 is 0 Å². The minimum atomic E-state index is -0.616. The van der Waals surface area contributed by atoms with Crippen LogP contribution in [0.4, 0.5) is 4.39 Å². The van der Waals surface area contributed by atoms with Gasteiger partial charge in [-0.05, 0) is 30.4 Å². The highest BCUT2D eigenvalue weighted by Crippen LogP contribution is 2.36. The molecule has 0 radical (unpaired) electrons. The quantitative estimate of drug-likeness (QED) is 0.830. The van der Waals surface area contributed by atoms with E-state index in [9.17, 15) is 9.50 Å². The van der Waals surface area contributed by atoms with E-state index in [1.165, 1.54) is 6.07 Å². The van der Waals surface area contributed by atoms with Gasteiger partial charge in [-0.2, -0.15) is 0 Å². The monoisotopic (exact) mass is 224 g/mol. The average Bonchev–Trinajstić information content (AvgIpc) is 3.07. The van der Waals surface area contributed by atoms with E-state index >= 15 is 0 Å². The zero-order valence-corrected chi connectivity index (χ0v) is 9.40. The number of methoxy groups -OCH3 is 1. The number of rotatable bonds is 5. The third-order valence-electron chi connectivity index (χ3n) is 3.12. The Kier molecular flexibility index (Phi) is 3.56. The van der Waals surface area contributed by atoms with E-state index in [2.05, 4.69) is 0 Å². The minimum Gasteiger partial charge on any atom is -0.390 e. The maximum absolute atomic E-state index is 13.4. The van der Waals surface area contributed by atoms with Crippen LogP contribution < -0.4 is 0 Å². The van der Waals surface area contributed by atoms with Gasteiger partial charge < -0.3 is 9.84 Å². The van der Waals surface area contributed by atoms with Crippen molar-refractivity contribution in [1.82, 2.24) is 0 Å². The van der Waals surface area contributed by atoms with Crippen LogP contribution in [0.3, 0.4) is 0 Å². The van der Waals surface area contributed by atoms with Gasteiger partial charge >= 0.3 is 0 Å². The molecule has 1 N–H and O–H groups in total. The van der Waals surface area contributed by atoms with Crippen molar-refractivity contribution in [3.05, 3.63) is 35.6 Å². The predicted molar refractivity (Wildman–Crippen MR) is 59.6 cm³/mol. The summed E-state index contributed by atoms with van der Waals surface area (Å²) in [5.41, 5.74) is 0.553. The molecule has 1 aliphatic rings. The molecule has 1 fully saturated rings. The van der Waals surface area contributed by atoms with Gasteiger partial charge in [-0.3, -0.25) is 0 Å². The Morgan fingerprint density at radius 1 is 1.44 bits per heavy atom. The summed E-state index contributed by atoms with van der Waals surface area (Å²) < 4.78 is 18.7. The highest BCUT2D eigenvalue weighted by molar-refractivity contribution is 5.18. The lowest BCUT2D eigenvalue weighted by Crippen LogP contribution is -2.32. The summed E-state index contributed by atoms with van der Waals surface area (Å²) >= 11 is 0. The molecule has 2 rings (SSSR count). The lowest BCUT2D eigenvalue weighted by atomic mass is 10.0. The van der Waals surface area contributed by atoms with Crippen molar-refractivity contribution in [1.29, 1.82) is 0 Å². The number of ether oxygens (including phenoxy) is 1. The summed E-state index contributed by atoms with van der Waals surface area (Å²) in [6.07, 6.45) is 1.76. The Morgan fingerprint density at radius 3 is 2.69 bits per heavy atom. The van der Waals surface area contributed by atoms with Gasteiger partial charge in [0.25, 0.3) is 0 Å². The molecule has 1 aliphatic carbocycles. The largest absolute Gasteiger partial charge is 0.390 e. The molecular weight excluding hydrogens is 207 g/mol. The van der Waals surface area contributed by atoms with Crippen LogP contribution in [0.1, 0.15) is 18.4 Å². The van der Waals surface area contributed by atoms with Gasteiger partial charge in [0.15, 0.2) is 0 Å². The number of aliphatic hydroxyl groups excluding tert-OH is 1. The highest BCUT2D eigenvalue weighted by Gasteiger charge is 2.36. The summed E-state index contributed by atoms with van der Waals surface area (Å²) in [5.74, 6) is 0.193. The topological polar surface area (TPSA) is 29.5 Å². The molecule has 0 amide bonds. The van der Waals surface area contributed by atoms with Crippen molar-refractivity contribution in [2.75, 3.05) is 7.11 Å². The molecule has 0 aliphatic heterocycles. The van der Waals surface area contributed by atoms with Crippen LogP contribution in [0.2, 0.25) is 0 Å². The number of hydrogen-bond donors (Lipinski definition) is 1. The van der Waals surface area contributed by atoms with E-state index in [4.69, 9.17) is 4.74 Å². The first kappa shape index (κ1) is 11.6. The molecule has 16 heavy (non-hydrogen) atoms. The maximum Gasteiger partial charge on any atom is 0.126 e. The van der Waals surface area contributed by atoms with Crippen LogP contribution in [0.15, 0.2) is 24.3 Å². The smallest absolute Gasteiger partial charge is 0.126 e. The van der Waals surface area contributed by atoms with Gasteiger partial charge in [0, 0.05) is 13.5 Å². The van der Waals surface area contributed by atoms with Crippen molar-refractivity contribution >= 4 is 0 Å². The van der Waals surface area contributed by atoms with Crippen molar-refractivity contribution in [2.24, 2.45) is 5.92 Å². The number of benzene rings is 1. The lowest BCUT2D eigenvalue weighted by molar-refractivity contribution is -0.0241. The van der Waals surface area contributed by atoms with Crippen molar-refractivity contribution in [3.63, 3.8) is 0 Å². The molecule has 0 spiro atoms. The van der Waals surface area contributed by atoms with Gasteiger partial charge in [-0.1, -0.05) is 18.2 Å². The third-order valence-corrected chi connectivity index (χ3v) is 3.12. The van der Waals surface area contributed by atoms with Crippen molar-refractivity contribution in [2.45, 2.75) is 31.5 Å². The first-order chi connectivity index (χ1) is 7.72. The summed E-state index contributed by atoms with van der Waals surface area (Å²) in [5, 5.41) is 10.0. The average molecular weight is 224 g/mol. The molecular formula is C13H17FO2. The SMILES string of the molecule is COC(C(O)Cc1ccccc1F)C1CC1. The van der Waals surface area contributed by atoms with Crippen LogP contribution in [-0.2, 0) is 11.2 Å². The third kappa shape index (κ3) is 2.60. The molecule has 0 aromatic heterocycles. The van der Waals surface area contributed by atoms with Crippen molar-refractivity contribution in [3.8, 4) is 0 Å². The van der Waals surface area contributed by atoms with E-state index < -0.39 is 6.10 Å². The molecule has 0 bridgehead atoms. The molecule has 0 heterocycles. The van der Waals surface area contributed by atoms with E-state index in [0.29, 0.717) is 17.9 Å². The Balaban J connectivity index is 2.00. The van der Waals surface area contributed by atoms with E-state index in [1.54, 1.807) is 25.3 Å². The van der Waals surface area contributed by atoms with E-state index in [1.807, 2.05) is 0 Å². The van der Waals surface area contributed by atoms with Gasteiger partial charge in [0.1, 0.15) is 5.82 Å². The first-order valence-electron chi connectivity index (χ1n) is 5.66. The second-order valence-electron chi connectivity index (χ2n) is 4.40. The number of hydrogen-bond acceptors (Lipinski definition) is 2. The normalized spacial score (nSPS) is 19.4. The Labute approximate surface area is 95.1 Å². The molecule has 0 saturated heterocycles. The summed E-state index contributed by atoms with van der Waals surface area (Å²) in [6.45, 7) is 0. The first-order valence-corrected chi connectivity index (χ1v) is 5.66. The fourth-order valence-electron chi connectivity index (χ4n) is 2.09. The van der Waals surface area contributed by atoms with E-state index in [-0.39, 0.29) is 11.9 Å². The zero-order chi connectivity index (χ0) is 11.5. The Hall–Kier alpha value is -0.930. The predicted octanol–water partition coefficient (Wildman–Crippen LogP) is 2.15. The molecule has 88 valence electrons. The Bertz CT molecular complexity index is 350. The molecule has 2 unspecified atom stereocenters. The van der Waals surface area contributed by atoms with Crippen LogP contribution in [0.5, 0.6) is 0 Å². The summed E-state index contributed by atoms with van der Waals surface area (Å²) in [6, 6.07) is 6.56. The van der Waals surface area contributed by atoms with E-state index in [0.717, 1.165) is 12.8 Å². The maximum atomic E-state index is 13.4. The molecule has 2 nitrogen and oxygen atoms in total. The van der Waals surface area contributed by atoms with Crippen LogP contribution in [0, 0.1) is 11.7 Å². The van der Waals surface area contributed by atoms with Crippen LogP contribution in [-0.4, -0.2) is 24.4 Å². The fraction of sp³-hybridized carbons (Fsp3) is 0.538. The van der Waals surface area contributed by atoms with Gasteiger partial charge in [0.2, 0.25) is 0 Å². The summed E-state index contributed by atoms with van der Waals surface area (Å²) in [4.78, 5) is 0.